The van der Waals surface area contributed by atoms with E-state index in [0.29, 0.717) is 5.92 Å². The van der Waals surface area contributed by atoms with Crippen molar-refractivity contribution in [3.05, 3.63) is 0 Å². The van der Waals surface area contributed by atoms with Gasteiger partial charge in [-0.2, -0.15) is 5.26 Å². The first-order valence-electron chi connectivity index (χ1n) is 6.01. The van der Waals surface area contributed by atoms with Gasteiger partial charge in [0.1, 0.15) is 0 Å². The molecule has 1 fully saturated rings. The van der Waals surface area contributed by atoms with Gasteiger partial charge < -0.3 is 4.90 Å². The quantitative estimate of drug-likeness (QED) is 0.701. The summed E-state index contributed by atoms with van der Waals surface area (Å²) < 4.78 is 0. The van der Waals surface area contributed by atoms with Gasteiger partial charge in [-0.3, -0.25) is 4.90 Å². The molecule has 0 aromatic carbocycles. The number of nitriles is 1. The second-order valence-corrected chi connectivity index (χ2v) is 4.71. The van der Waals surface area contributed by atoms with E-state index in [9.17, 15) is 0 Å². The van der Waals surface area contributed by atoms with E-state index in [1.54, 1.807) is 0 Å². The Bertz CT molecular complexity index is 211. The molecule has 1 aliphatic heterocycles. The summed E-state index contributed by atoms with van der Waals surface area (Å²) in [5.74, 6) is 0.664. The molecule has 1 atom stereocenters. The molecule has 0 amide bonds. The topological polar surface area (TPSA) is 30.3 Å². The first-order valence-corrected chi connectivity index (χ1v) is 6.01. The zero-order chi connectivity index (χ0) is 11.3. The molecule has 0 aromatic heterocycles. The highest BCUT2D eigenvalue weighted by atomic mass is 15.3. The number of rotatable bonds is 4. The molecule has 1 saturated heterocycles. The third-order valence-electron chi connectivity index (χ3n) is 3.34. The first kappa shape index (κ1) is 12.5. The maximum atomic E-state index is 9.04. The Labute approximate surface area is 93.7 Å². The van der Waals surface area contributed by atoms with Gasteiger partial charge in [-0.25, -0.2) is 0 Å². The molecule has 1 aliphatic rings. The third-order valence-corrected chi connectivity index (χ3v) is 3.34. The van der Waals surface area contributed by atoms with Crippen LogP contribution >= 0.6 is 0 Å². The lowest BCUT2D eigenvalue weighted by Gasteiger charge is -2.35. The number of hydrogen-bond donors (Lipinski definition) is 0. The van der Waals surface area contributed by atoms with Crippen molar-refractivity contribution >= 4 is 0 Å². The van der Waals surface area contributed by atoms with E-state index in [-0.39, 0.29) is 5.92 Å². The molecule has 0 saturated carbocycles. The highest BCUT2D eigenvalue weighted by Gasteiger charge is 2.20. The Kier molecular flexibility index (Phi) is 5.07. The Morgan fingerprint density at radius 1 is 1.13 bits per heavy atom. The standard InChI is InChI=1S/C12H23N3/c1-4-14-5-7-15(8-6-14)10-12(9-13)11(2)3/h11-12H,4-8,10H2,1-3H3. The van der Waals surface area contributed by atoms with Crippen molar-refractivity contribution in [1.82, 2.24) is 9.80 Å². The number of nitrogens with zero attached hydrogens (tertiary/aromatic N) is 3. The van der Waals surface area contributed by atoms with Crippen molar-refractivity contribution in [2.75, 3.05) is 39.3 Å². The summed E-state index contributed by atoms with van der Waals surface area (Å²) in [4.78, 5) is 4.90. The van der Waals surface area contributed by atoms with Crippen LogP contribution in [0.3, 0.4) is 0 Å². The lowest BCUT2D eigenvalue weighted by Crippen LogP contribution is -2.47. The van der Waals surface area contributed by atoms with Gasteiger partial charge in [0.2, 0.25) is 0 Å². The van der Waals surface area contributed by atoms with Crippen LogP contribution in [0, 0.1) is 23.2 Å². The van der Waals surface area contributed by atoms with Crippen LogP contribution in [0.1, 0.15) is 20.8 Å². The molecule has 0 N–H and O–H groups in total. The zero-order valence-electron chi connectivity index (χ0n) is 10.2. The number of hydrogen-bond acceptors (Lipinski definition) is 3. The summed E-state index contributed by atoms with van der Waals surface area (Å²) in [5, 5.41) is 9.04. The molecule has 1 heterocycles. The van der Waals surface area contributed by atoms with Crippen LogP contribution in [0.25, 0.3) is 0 Å². The van der Waals surface area contributed by atoms with Crippen LogP contribution in [0.15, 0.2) is 0 Å². The maximum absolute atomic E-state index is 9.04. The third kappa shape index (κ3) is 3.81. The summed E-state index contributed by atoms with van der Waals surface area (Å²) in [6, 6.07) is 2.42. The molecule has 1 unspecified atom stereocenters. The normalized spacial score (nSPS) is 21.5. The Morgan fingerprint density at radius 2 is 1.67 bits per heavy atom. The average Bonchev–Trinajstić information content (AvgIpc) is 2.26. The molecule has 3 heteroatoms. The summed E-state index contributed by atoms with van der Waals surface area (Å²) in [5.41, 5.74) is 0. The molecule has 15 heavy (non-hydrogen) atoms. The van der Waals surface area contributed by atoms with Crippen LogP contribution in [-0.2, 0) is 0 Å². The fourth-order valence-corrected chi connectivity index (χ4v) is 1.97. The minimum absolute atomic E-state index is 0.193. The summed E-state index contributed by atoms with van der Waals surface area (Å²) in [6.07, 6.45) is 0. The molecule has 3 nitrogen and oxygen atoms in total. The molecule has 0 aromatic rings. The Morgan fingerprint density at radius 3 is 2.07 bits per heavy atom. The molecule has 0 spiro atoms. The van der Waals surface area contributed by atoms with Crippen molar-refractivity contribution in [1.29, 1.82) is 5.26 Å². The van der Waals surface area contributed by atoms with E-state index >= 15 is 0 Å². The van der Waals surface area contributed by atoms with Gasteiger partial charge in [0.05, 0.1) is 12.0 Å². The van der Waals surface area contributed by atoms with E-state index in [2.05, 4.69) is 36.6 Å². The van der Waals surface area contributed by atoms with E-state index in [1.165, 1.54) is 0 Å². The van der Waals surface area contributed by atoms with Gasteiger partial charge in [-0.15, -0.1) is 0 Å². The lowest BCUT2D eigenvalue weighted by atomic mass is 9.97. The fraction of sp³-hybridized carbons (Fsp3) is 0.917. The molecule has 86 valence electrons. The van der Waals surface area contributed by atoms with Crippen molar-refractivity contribution < 1.29 is 0 Å². The second-order valence-electron chi connectivity index (χ2n) is 4.71. The van der Waals surface area contributed by atoms with E-state index in [4.69, 9.17) is 5.26 Å². The largest absolute Gasteiger partial charge is 0.301 e. The minimum Gasteiger partial charge on any atom is -0.301 e. The molecule has 0 radical (unpaired) electrons. The monoisotopic (exact) mass is 209 g/mol. The van der Waals surface area contributed by atoms with Crippen molar-refractivity contribution in [2.24, 2.45) is 11.8 Å². The molecule has 0 aliphatic carbocycles. The van der Waals surface area contributed by atoms with Crippen LogP contribution in [0.2, 0.25) is 0 Å². The first-order chi connectivity index (χ1) is 7.17. The number of likely N-dealkylation sites (N-methyl/N-ethyl adjacent to an activating group) is 1. The van der Waals surface area contributed by atoms with Crippen LogP contribution in [0.5, 0.6) is 0 Å². The summed E-state index contributed by atoms with van der Waals surface area (Å²) in [6.45, 7) is 13.1. The Hall–Kier alpha value is -0.590. The summed E-state index contributed by atoms with van der Waals surface area (Å²) >= 11 is 0. The maximum Gasteiger partial charge on any atom is 0.0672 e. The average molecular weight is 209 g/mol. The zero-order valence-corrected chi connectivity index (χ0v) is 10.2. The van der Waals surface area contributed by atoms with Crippen molar-refractivity contribution in [2.45, 2.75) is 20.8 Å². The van der Waals surface area contributed by atoms with E-state index in [0.717, 1.165) is 39.3 Å². The van der Waals surface area contributed by atoms with Gasteiger partial charge in [0.15, 0.2) is 0 Å². The van der Waals surface area contributed by atoms with Gasteiger partial charge in [-0.1, -0.05) is 20.8 Å². The van der Waals surface area contributed by atoms with Gasteiger partial charge in [0, 0.05) is 32.7 Å². The van der Waals surface area contributed by atoms with E-state index in [1.807, 2.05) is 0 Å². The number of piperazine rings is 1. The SMILES string of the molecule is CCN1CCN(CC(C#N)C(C)C)CC1. The van der Waals surface area contributed by atoms with Gasteiger partial charge in [-0.05, 0) is 12.5 Å². The molecular formula is C12H23N3. The molecular weight excluding hydrogens is 186 g/mol. The minimum atomic E-state index is 0.193. The van der Waals surface area contributed by atoms with Gasteiger partial charge >= 0.3 is 0 Å². The van der Waals surface area contributed by atoms with Crippen LogP contribution < -0.4 is 0 Å². The second kappa shape index (κ2) is 6.09. The predicted molar refractivity (Wildman–Crippen MR) is 62.5 cm³/mol. The van der Waals surface area contributed by atoms with Gasteiger partial charge in [0.25, 0.3) is 0 Å². The van der Waals surface area contributed by atoms with Crippen LogP contribution in [-0.4, -0.2) is 49.1 Å². The Balaban J connectivity index is 2.32. The fourth-order valence-electron chi connectivity index (χ4n) is 1.97. The predicted octanol–water partition coefficient (Wildman–Crippen LogP) is 1.42. The molecule has 0 bridgehead atoms. The smallest absolute Gasteiger partial charge is 0.0672 e. The van der Waals surface area contributed by atoms with E-state index < -0.39 is 0 Å². The van der Waals surface area contributed by atoms with Crippen molar-refractivity contribution in [3.8, 4) is 6.07 Å². The van der Waals surface area contributed by atoms with Crippen LogP contribution in [0.4, 0.5) is 0 Å². The lowest BCUT2D eigenvalue weighted by molar-refractivity contribution is 0.122. The molecule has 1 rings (SSSR count). The summed E-state index contributed by atoms with van der Waals surface area (Å²) in [7, 11) is 0. The highest BCUT2D eigenvalue weighted by molar-refractivity contribution is 4.88. The highest BCUT2D eigenvalue weighted by Crippen LogP contribution is 2.13. The van der Waals surface area contributed by atoms with Crippen molar-refractivity contribution in [3.63, 3.8) is 0 Å².